The van der Waals surface area contributed by atoms with Crippen LogP contribution < -0.4 is 10.6 Å². The molecule has 1 saturated heterocycles. The molecule has 0 aliphatic carbocycles. The van der Waals surface area contributed by atoms with Crippen LogP contribution in [0.2, 0.25) is 5.02 Å². The first-order valence-corrected chi connectivity index (χ1v) is 9.63. The van der Waals surface area contributed by atoms with Crippen LogP contribution in [0.5, 0.6) is 0 Å². The molecule has 3 heterocycles. The maximum atomic E-state index is 13.0. The van der Waals surface area contributed by atoms with E-state index >= 15 is 0 Å². The number of hydrogen-bond donors (Lipinski definition) is 2. The molecular weight excluding hydrogens is 429 g/mol. The minimum Gasteiger partial charge on any atom is -0.450 e. The number of ether oxygens (including phenoxy) is 1. The molecule has 3 amide bonds. The number of fused-ring (bicyclic) bond motifs is 1. The van der Waals surface area contributed by atoms with Crippen LogP contribution in [0.4, 0.5) is 22.8 Å². The van der Waals surface area contributed by atoms with E-state index in [9.17, 15) is 22.8 Å². The average Bonchev–Trinajstić information content (AvgIpc) is 3.10. The van der Waals surface area contributed by atoms with Gasteiger partial charge in [-0.2, -0.15) is 13.2 Å². The molecule has 0 spiro atoms. The van der Waals surface area contributed by atoms with Gasteiger partial charge >= 0.3 is 18.3 Å². The largest absolute Gasteiger partial charge is 0.450 e. The van der Waals surface area contributed by atoms with Crippen molar-refractivity contribution >= 4 is 29.4 Å². The quantitative estimate of drug-likeness (QED) is 0.749. The highest BCUT2D eigenvalue weighted by atomic mass is 35.5. The van der Waals surface area contributed by atoms with E-state index in [1.54, 1.807) is 11.8 Å². The Morgan fingerprint density at radius 1 is 1.30 bits per heavy atom. The second kappa shape index (κ2) is 8.94. The van der Waals surface area contributed by atoms with E-state index in [1.165, 1.54) is 0 Å². The van der Waals surface area contributed by atoms with Gasteiger partial charge in [0, 0.05) is 25.3 Å². The van der Waals surface area contributed by atoms with E-state index in [1.807, 2.05) is 0 Å². The Labute approximate surface area is 174 Å². The van der Waals surface area contributed by atoms with Gasteiger partial charge in [0.2, 0.25) is 0 Å². The number of urea groups is 1. The molecule has 0 aromatic carbocycles. The molecule has 2 aromatic heterocycles. The highest BCUT2D eigenvalue weighted by Gasteiger charge is 2.32. The Hall–Kier alpha value is -2.76. The van der Waals surface area contributed by atoms with Gasteiger partial charge in [-0.05, 0) is 25.8 Å². The molecule has 9 nitrogen and oxygen atoms in total. The number of carbonyl (C=O) groups excluding carboxylic acids is 2. The molecule has 3 rings (SSSR count). The molecule has 1 fully saturated rings. The van der Waals surface area contributed by atoms with E-state index in [2.05, 4.69) is 20.8 Å². The summed E-state index contributed by atoms with van der Waals surface area (Å²) in [6.07, 6.45) is -3.00. The van der Waals surface area contributed by atoms with Crippen molar-refractivity contribution in [3.05, 3.63) is 28.7 Å². The van der Waals surface area contributed by atoms with Gasteiger partial charge in [-0.3, -0.25) is 4.40 Å². The highest BCUT2D eigenvalue weighted by molar-refractivity contribution is 6.33. The fourth-order valence-corrected chi connectivity index (χ4v) is 3.34. The van der Waals surface area contributed by atoms with Gasteiger partial charge < -0.3 is 20.3 Å². The third-order valence-electron chi connectivity index (χ3n) is 4.62. The van der Waals surface area contributed by atoms with Gasteiger partial charge in [-0.1, -0.05) is 11.6 Å². The van der Waals surface area contributed by atoms with Crippen LogP contribution in [0.15, 0.2) is 12.3 Å². The molecule has 2 N–H and O–H groups in total. The van der Waals surface area contributed by atoms with Crippen molar-refractivity contribution in [3.8, 4) is 0 Å². The molecule has 164 valence electrons. The smallest absolute Gasteiger partial charge is 0.417 e. The number of alkyl halides is 3. The number of pyridine rings is 1. The highest BCUT2D eigenvalue weighted by Crippen LogP contribution is 2.32. The van der Waals surface area contributed by atoms with Crippen LogP contribution in [-0.2, 0) is 17.5 Å². The number of carbonyl (C=O) groups is 2. The van der Waals surface area contributed by atoms with Gasteiger partial charge in [-0.15, -0.1) is 10.2 Å². The fourth-order valence-electron chi connectivity index (χ4n) is 3.09. The zero-order valence-electron chi connectivity index (χ0n) is 16.0. The van der Waals surface area contributed by atoms with Crippen LogP contribution in [0.3, 0.4) is 0 Å². The second-order valence-corrected chi connectivity index (χ2v) is 7.08. The summed E-state index contributed by atoms with van der Waals surface area (Å²) in [5, 5.41) is 12.7. The van der Waals surface area contributed by atoms with Crippen molar-refractivity contribution in [2.24, 2.45) is 0 Å². The third-order valence-corrected chi connectivity index (χ3v) is 4.90. The molecule has 0 saturated carbocycles. The lowest BCUT2D eigenvalue weighted by molar-refractivity contribution is -0.137. The van der Waals surface area contributed by atoms with Crippen LogP contribution in [0.25, 0.3) is 5.65 Å². The fraction of sp³-hybridized carbons (Fsp3) is 0.529. The Kier molecular flexibility index (Phi) is 6.54. The Morgan fingerprint density at radius 3 is 2.63 bits per heavy atom. The molecule has 0 bridgehead atoms. The van der Waals surface area contributed by atoms with Crippen molar-refractivity contribution in [3.63, 3.8) is 0 Å². The lowest BCUT2D eigenvalue weighted by Gasteiger charge is -2.31. The summed E-state index contributed by atoms with van der Waals surface area (Å²) in [6.45, 7) is 2.79. The third kappa shape index (κ3) is 5.04. The lowest BCUT2D eigenvalue weighted by atomic mass is 10.1. The standard InChI is InChI=1S/C17H20ClF3N6O3/c1-2-30-16(29)26-5-3-11(4-6-26)23-15(28)22-8-13-24-25-14-12(18)7-10(9-27(13)14)17(19,20)21/h7,9,11H,2-6,8H2,1H3,(H2,22,23,28). The first-order valence-electron chi connectivity index (χ1n) is 9.25. The maximum Gasteiger partial charge on any atom is 0.417 e. The molecule has 1 aliphatic rings. The minimum atomic E-state index is -4.58. The first-order chi connectivity index (χ1) is 14.2. The zero-order chi connectivity index (χ0) is 21.9. The zero-order valence-corrected chi connectivity index (χ0v) is 16.8. The number of rotatable bonds is 4. The van der Waals surface area contributed by atoms with Crippen LogP contribution in [0, 0.1) is 0 Å². The SMILES string of the molecule is CCOC(=O)N1CCC(NC(=O)NCc2nnc3c(Cl)cc(C(F)(F)F)cn23)CC1. The molecule has 2 aromatic rings. The van der Waals surface area contributed by atoms with E-state index < -0.39 is 17.8 Å². The van der Waals surface area contributed by atoms with Crippen molar-refractivity contribution in [1.82, 2.24) is 30.1 Å². The number of likely N-dealkylation sites (tertiary alicyclic amines) is 1. The van der Waals surface area contributed by atoms with Crippen molar-refractivity contribution in [1.29, 1.82) is 0 Å². The summed E-state index contributed by atoms with van der Waals surface area (Å²) < 4.78 is 45.1. The van der Waals surface area contributed by atoms with E-state index in [0.29, 0.717) is 32.5 Å². The minimum absolute atomic E-state index is 0.0632. The van der Waals surface area contributed by atoms with Crippen LogP contribution >= 0.6 is 11.6 Å². The molecule has 13 heteroatoms. The predicted octanol–water partition coefficient (Wildman–Crippen LogP) is 2.82. The Morgan fingerprint density at radius 2 is 2.00 bits per heavy atom. The normalized spacial score (nSPS) is 15.3. The number of nitrogens with zero attached hydrogens (tertiary/aromatic N) is 4. The Balaban J connectivity index is 1.56. The van der Waals surface area contributed by atoms with Gasteiger partial charge in [0.05, 0.1) is 23.7 Å². The topological polar surface area (TPSA) is 101 Å². The first kappa shape index (κ1) is 21.9. The van der Waals surface area contributed by atoms with E-state index in [-0.39, 0.29) is 35.2 Å². The monoisotopic (exact) mass is 448 g/mol. The van der Waals surface area contributed by atoms with E-state index in [4.69, 9.17) is 16.3 Å². The summed E-state index contributed by atoms with van der Waals surface area (Å²) >= 11 is 5.87. The predicted molar refractivity (Wildman–Crippen MR) is 100.0 cm³/mol. The number of amides is 3. The Bertz CT molecular complexity index is 927. The molecule has 0 unspecified atom stereocenters. The number of nitrogens with one attached hydrogen (secondary N) is 2. The van der Waals surface area contributed by atoms with Crippen LogP contribution in [-0.4, -0.2) is 57.4 Å². The van der Waals surface area contributed by atoms with E-state index in [0.717, 1.165) is 16.7 Å². The van der Waals surface area contributed by atoms with Gasteiger partial charge in [-0.25, -0.2) is 9.59 Å². The molecule has 30 heavy (non-hydrogen) atoms. The second-order valence-electron chi connectivity index (χ2n) is 6.67. The van der Waals surface area contributed by atoms with Crippen molar-refractivity contribution in [2.75, 3.05) is 19.7 Å². The van der Waals surface area contributed by atoms with Gasteiger partial charge in [0.1, 0.15) is 0 Å². The van der Waals surface area contributed by atoms with Crippen molar-refractivity contribution < 1.29 is 27.5 Å². The van der Waals surface area contributed by atoms with Gasteiger partial charge in [0.25, 0.3) is 0 Å². The summed E-state index contributed by atoms with van der Waals surface area (Å²) in [5.41, 5.74) is -0.882. The maximum absolute atomic E-state index is 13.0. The molecule has 0 atom stereocenters. The summed E-state index contributed by atoms with van der Waals surface area (Å²) in [4.78, 5) is 25.4. The average molecular weight is 449 g/mol. The number of halogens is 4. The van der Waals surface area contributed by atoms with Crippen molar-refractivity contribution in [2.45, 2.75) is 38.5 Å². The molecular formula is C17H20ClF3N6O3. The van der Waals surface area contributed by atoms with Gasteiger partial charge in [0.15, 0.2) is 11.5 Å². The summed E-state index contributed by atoms with van der Waals surface area (Å²) in [5.74, 6) is 0.102. The van der Waals surface area contributed by atoms with Crippen LogP contribution in [0.1, 0.15) is 31.2 Å². The number of piperidine rings is 1. The molecule has 0 radical (unpaired) electrons. The number of hydrogen-bond acceptors (Lipinski definition) is 5. The summed E-state index contributed by atoms with van der Waals surface area (Å²) in [7, 11) is 0. The summed E-state index contributed by atoms with van der Waals surface area (Å²) in [6, 6.07) is 0.134. The number of aromatic nitrogens is 3. The lowest BCUT2D eigenvalue weighted by Crippen LogP contribution is -2.49. The molecule has 1 aliphatic heterocycles.